The highest BCUT2D eigenvalue weighted by Crippen LogP contribution is 2.09. The van der Waals surface area contributed by atoms with E-state index in [1.165, 1.54) is 0 Å². The van der Waals surface area contributed by atoms with Gasteiger partial charge in [0.1, 0.15) is 5.69 Å². The van der Waals surface area contributed by atoms with Gasteiger partial charge in [0, 0.05) is 12.1 Å². The highest BCUT2D eigenvalue weighted by atomic mass is 16.5. The summed E-state index contributed by atoms with van der Waals surface area (Å²) in [6.45, 7) is 7.66. The summed E-state index contributed by atoms with van der Waals surface area (Å²) in [4.78, 5) is 15.8. The van der Waals surface area contributed by atoms with Crippen molar-refractivity contribution in [2.45, 2.75) is 39.8 Å². The predicted molar refractivity (Wildman–Crippen MR) is 62.6 cm³/mol. The number of pyridine rings is 1. The van der Waals surface area contributed by atoms with Crippen molar-refractivity contribution in [3.8, 4) is 5.88 Å². The first-order chi connectivity index (χ1) is 7.49. The van der Waals surface area contributed by atoms with Crippen molar-refractivity contribution in [1.29, 1.82) is 0 Å². The standard InChI is InChI=1S/C12H18N2O2/c1-8(2)13-12(15)10-6-5-7-11(14-10)16-9(3)4/h5-9H,1-4H3,(H,13,15). The van der Waals surface area contributed by atoms with Gasteiger partial charge >= 0.3 is 0 Å². The van der Waals surface area contributed by atoms with Gasteiger partial charge in [-0.25, -0.2) is 4.98 Å². The zero-order chi connectivity index (χ0) is 12.1. The zero-order valence-electron chi connectivity index (χ0n) is 10.2. The van der Waals surface area contributed by atoms with Crippen molar-refractivity contribution in [1.82, 2.24) is 10.3 Å². The highest BCUT2D eigenvalue weighted by Gasteiger charge is 2.09. The fourth-order valence-electron chi connectivity index (χ4n) is 1.18. The van der Waals surface area contributed by atoms with Crippen LogP contribution in [0.15, 0.2) is 18.2 Å². The number of nitrogens with one attached hydrogen (secondary N) is 1. The van der Waals surface area contributed by atoms with Crippen LogP contribution >= 0.6 is 0 Å². The van der Waals surface area contributed by atoms with Crippen molar-refractivity contribution < 1.29 is 9.53 Å². The first-order valence-corrected chi connectivity index (χ1v) is 5.43. The summed E-state index contributed by atoms with van der Waals surface area (Å²) in [5, 5.41) is 2.78. The molecule has 0 aliphatic heterocycles. The van der Waals surface area contributed by atoms with E-state index in [2.05, 4.69) is 10.3 Å². The first kappa shape index (κ1) is 12.5. The second-order valence-corrected chi connectivity index (χ2v) is 4.16. The molecule has 0 saturated heterocycles. The second-order valence-electron chi connectivity index (χ2n) is 4.16. The molecule has 0 aromatic carbocycles. The molecule has 1 aromatic rings. The molecule has 0 unspecified atom stereocenters. The van der Waals surface area contributed by atoms with E-state index in [1.54, 1.807) is 18.2 Å². The fourth-order valence-corrected chi connectivity index (χ4v) is 1.18. The maximum absolute atomic E-state index is 11.7. The molecule has 0 atom stereocenters. The minimum atomic E-state index is -0.177. The Labute approximate surface area is 96.0 Å². The molecule has 0 spiro atoms. The normalized spacial score (nSPS) is 10.6. The van der Waals surface area contributed by atoms with E-state index in [4.69, 9.17) is 4.74 Å². The van der Waals surface area contributed by atoms with Crippen LogP contribution < -0.4 is 10.1 Å². The van der Waals surface area contributed by atoms with E-state index in [9.17, 15) is 4.79 Å². The van der Waals surface area contributed by atoms with Crippen LogP contribution in [0.3, 0.4) is 0 Å². The smallest absolute Gasteiger partial charge is 0.270 e. The van der Waals surface area contributed by atoms with Crippen LogP contribution in [0.5, 0.6) is 5.88 Å². The van der Waals surface area contributed by atoms with Gasteiger partial charge in [0.25, 0.3) is 5.91 Å². The van der Waals surface area contributed by atoms with Gasteiger partial charge in [-0.05, 0) is 33.8 Å². The molecule has 1 rings (SSSR count). The van der Waals surface area contributed by atoms with E-state index in [-0.39, 0.29) is 18.1 Å². The van der Waals surface area contributed by atoms with Gasteiger partial charge in [-0.3, -0.25) is 4.79 Å². The molecule has 1 aromatic heterocycles. The van der Waals surface area contributed by atoms with Gasteiger partial charge in [0.2, 0.25) is 5.88 Å². The van der Waals surface area contributed by atoms with E-state index in [0.29, 0.717) is 11.6 Å². The van der Waals surface area contributed by atoms with Crippen molar-refractivity contribution >= 4 is 5.91 Å². The van der Waals surface area contributed by atoms with Crippen LogP contribution in [0.4, 0.5) is 0 Å². The third-order valence-electron chi connectivity index (χ3n) is 1.73. The predicted octanol–water partition coefficient (Wildman–Crippen LogP) is 2.01. The van der Waals surface area contributed by atoms with E-state index in [0.717, 1.165) is 0 Å². The van der Waals surface area contributed by atoms with Crippen LogP contribution in [0.25, 0.3) is 0 Å². The van der Waals surface area contributed by atoms with Gasteiger partial charge in [0.15, 0.2) is 0 Å². The summed E-state index contributed by atoms with van der Waals surface area (Å²) in [6.07, 6.45) is 0.0518. The van der Waals surface area contributed by atoms with Crippen molar-refractivity contribution in [2.75, 3.05) is 0 Å². The molecule has 1 N–H and O–H groups in total. The number of carbonyl (C=O) groups is 1. The Hall–Kier alpha value is -1.58. The lowest BCUT2D eigenvalue weighted by Crippen LogP contribution is -2.30. The number of carbonyl (C=O) groups excluding carboxylic acids is 1. The van der Waals surface area contributed by atoms with Gasteiger partial charge in [0.05, 0.1) is 6.10 Å². The molecule has 4 nitrogen and oxygen atoms in total. The molecule has 0 radical (unpaired) electrons. The average molecular weight is 222 g/mol. The Bertz CT molecular complexity index is 362. The zero-order valence-corrected chi connectivity index (χ0v) is 10.2. The molecule has 16 heavy (non-hydrogen) atoms. The summed E-state index contributed by atoms with van der Waals surface area (Å²) < 4.78 is 5.42. The molecule has 1 amide bonds. The Morgan fingerprint density at radius 1 is 1.31 bits per heavy atom. The van der Waals surface area contributed by atoms with Gasteiger partial charge in [-0.2, -0.15) is 0 Å². The highest BCUT2D eigenvalue weighted by molar-refractivity contribution is 5.92. The SMILES string of the molecule is CC(C)NC(=O)c1cccc(OC(C)C)n1. The number of hydrogen-bond acceptors (Lipinski definition) is 3. The van der Waals surface area contributed by atoms with Crippen molar-refractivity contribution in [3.63, 3.8) is 0 Å². The first-order valence-electron chi connectivity index (χ1n) is 5.43. The van der Waals surface area contributed by atoms with Crippen LogP contribution in [-0.4, -0.2) is 23.0 Å². The largest absolute Gasteiger partial charge is 0.475 e. The molecular formula is C12H18N2O2. The monoisotopic (exact) mass is 222 g/mol. The quantitative estimate of drug-likeness (QED) is 0.847. The third kappa shape index (κ3) is 3.88. The summed E-state index contributed by atoms with van der Waals surface area (Å²) in [5.74, 6) is 0.301. The van der Waals surface area contributed by atoms with E-state index in [1.807, 2.05) is 27.7 Å². The third-order valence-corrected chi connectivity index (χ3v) is 1.73. The number of nitrogens with zero attached hydrogens (tertiary/aromatic N) is 1. The maximum Gasteiger partial charge on any atom is 0.270 e. The van der Waals surface area contributed by atoms with Gasteiger partial charge in [-0.1, -0.05) is 6.07 Å². The Morgan fingerprint density at radius 2 is 2.00 bits per heavy atom. The molecule has 0 fully saturated rings. The topological polar surface area (TPSA) is 51.2 Å². The summed E-state index contributed by atoms with van der Waals surface area (Å²) in [7, 11) is 0. The summed E-state index contributed by atoms with van der Waals surface area (Å²) >= 11 is 0. The lowest BCUT2D eigenvalue weighted by atomic mass is 10.3. The molecule has 0 saturated carbocycles. The van der Waals surface area contributed by atoms with Crippen LogP contribution in [0.2, 0.25) is 0 Å². The molecule has 4 heteroatoms. The molecular weight excluding hydrogens is 204 g/mol. The van der Waals surface area contributed by atoms with Crippen LogP contribution in [-0.2, 0) is 0 Å². The van der Waals surface area contributed by atoms with Gasteiger partial charge < -0.3 is 10.1 Å². The van der Waals surface area contributed by atoms with Crippen LogP contribution in [0.1, 0.15) is 38.2 Å². The molecule has 88 valence electrons. The Morgan fingerprint density at radius 3 is 2.56 bits per heavy atom. The number of rotatable bonds is 4. The molecule has 0 aliphatic rings. The summed E-state index contributed by atoms with van der Waals surface area (Å²) in [6, 6.07) is 5.28. The Balaban J connectivity index is 2.77. The van der Waals surface area contributed by atoms with E-state index < -0.39 is 0 Å². The lowest BCUT2D eigenvalue weighted by molar-refractivity contribution is 0.0936. The van der Waals surface area contributed by atoms with E-state index >= 15 is 0 Å². The Kier molecular flexibility index (Phi) is 4.28. The van der Waals surface area contributed by atoms with Gasteiger partial charge in [-0.15, -0.1) is 0 Å². The molecule has 1 heterocycles. The minimum absolute atomic E-state index is 0.0518. The molecule has 0 bridgehead atoms. The number of ether oxygens (including phenoxy) is 1. The number of hydrogen-bond donors (Lipinski definition) is 1. The van der Waals surface area contributed by atoms with Crippen LogP contribution in [0, 0.1) is 0 Å². The van der Waals surface area contributed by atoms with Crippen molar-refractivity contribution in [3.05, 3.63) is 23.9 Å². The summed E-state index contributed by atoms with van der Waals surface area (Å²) in [5.41, 5.74) is 0.381. The minimum Gasteiger partial charge on any atom is -0.475 e. The average Bonchev–Trinajstić information content (AvgIpc) is 2.16. The lowest BCUT2D eigenvalue weighted by Gasteiger charge is -2.11. The number of amides is 1. The van der Waals surface area contributed by atoms with Crippen molar-refractivity contribution in [2.24, 2.45) is 0 Å². The molecule has 0 aliphatic carbocycles. The maximum atomic E-state index is 11.7. The fraction of sp³-hybridized carbons (Fsp3) is 0.500. The second kappa shape index (κ2) is 5.49. The number of aromatic nitrogens is 1.